The molecule has 28 heavy (non-hydrogen) atoms. The number of pyridine rings is 1. The molecule has 0 bridgehead atoms. The van der Waals surface area contributed by atoms with Gasteiger partial charge in [-0.05, 0) is 37.8 Å². The van der Waals surface area contributed by atoms with E-state index in [-0.39, 0.29) is 18.6 Å². The average molecular weight is 374 g/mol. The maximum atomic E-state index is 12.7. The maximum absolute atomic E-state index is 12.7. The normalized spacial score (nSPS) is 14.5. The molecule has 1 fully saturated rings. The number of para-hydroxylation sites is 1. The van der Waals surface area contributed by atoms with E-state index in [4.69, 9.17) is 4.74 Å². The van der Waals surface area contributed by atoms with Gasteiger partial charge in [0.25, 0.3) is 5.91 Å². The van der Waals surface area contributed by atoms with Crippen molar-refractivity contribution in [1.29, 1.82) is 0 Å². The molecular formula is C23H22N2O3. The Bertz CT molecular complexity index is 1010. The summed E-state index contributed by atoms with van der Waals surface area (Å²) in [6.45, 7) is 1.70. The second kappa shape index (κ2) is 7.80. The first-order valence-electron chi connectivity index (χ1n) is 9.53. The minimum absolute atomic E-state index is 0.123. The average Bonchev–Trinajstić information content (AvgIpc) is 3.57. The zero-order chi connectivity index (χ0) is 19.5. The van der Waals surface area contributed by atoms with Gasteiger partial charge in [0.1, 0.15) is 0 Å². The van der Waals surface area contributed by atoms with Crippen LogP contribution in [0.15, 0.2) is 60.7 Å². The number of rotatable bonds is 6. The first kappa shape index (κ1) is 18.2. The molecule has 142 valence electrons. The molecular weight excluding hydrogens is 352 g/mol. The highest BCUT2D eigenvalue weighted by Gasteiger charge is 2.29. The molecule has 5 heteroatoms. The van der Waals surface area contributed by atoms with Gasteiger partial charge in [0.15, 0.2) is 6.61 Å². The van der Waals surface area contributed by atoms with Crippen molar-refractivity contribution in [2.24, 2.45) is 5.92 Å². The van der Waals surface area contributed by atoms with E-state index >= 15 is 0 Å². The summed E-state index contributed by atoms with van der Waals surface area (Å²) in [6.07, 6.45) is 2.29. The second-order valence-electron chi connectivity index (χ2n) is 7.21. The molecule has 1 aromatic heterocycles. The molecule has 5 nitrogen and oxygen atoms in total. The second-order valence-corrected chi connectivity index (χ2v) is 7.21. The van der Waals surface area contributed by atoms with Crippen molar-refractivity contribution < 1.29 is 14.3 Å². The number of nitrogens with zero attached hydrogens (tertiary/aromatic N) is 1. The van der Waals surface area contributed by atoms with E-state index in [0.29, 0.717) is 28.1 Å². The van der Waals surface area contributed by atoms with Crippen molar-refractivity contribution in [3.63, 3.8) is 0 Å². The number of hydrogen-bond acceptors (Lipinski definition) is 4. The van der Waals surface area contributed by atoms with Crippen LogP contribution < -0.4 is 5.32 Å². The summed E-state index contributed by atoms with van der Waals surface area (Å²) in [5.41, 5.74) is 2.73. The highest BCUT2D eigenvalue weighted by atomic mass is 16.5. The lowest BCUT2D eigenvalue weighted by Crippen LogP contribution is -2.37. The molecule has 1 aliphatic rings. The first-order chi connectivity index (χ1) is 13.6. The topological polar surface area (TPSA) is 68.3 Å². The van der Waals surface area contributed by atoms with Gasteiger partial charge >= 0.3 is 5.97 Å². The molecule has 1 amide bonds. The van der Waals surface area contributed by atoms with E-state index in [1.54, 1.807) is 6.07 Å². The fraction of sp³-hybridized carbons (Fsp3) is 0.261. The van der Waals surface area contributed by atoms with Crippen molar-refractivity contribution in [2.75, 3.05) is 6.61 Å². The van der Waals surface area contributed by atoms with Crippen LogP contribution in [-0.4, -0.2) is 29.5 Å². The third kappa shape index (κ3) is 4.03. The van der Waals surface area contributed by atoms with Crippen molar-refractivity contribution in [1.82, 2.24) is 10.3 Å². The quantitative estimate of drug-likeness (QED) is 0.663. The number of carbonyl (C=O) groups is 2. The lowest BCUT2D eigenvalue weighted by molar-refractivity contribution is -0.124. The van der Waals surface area contributed by atoms with Crippen LogP contribution in [0.2, 0.25) is 0 Å². The molecule has 3 aromatic rings. The third-order valence-electron chi connectivity index (χ3n) is 5.06. The maximum Gasteiger partial charge on any atom is 0.339 e. The summed E-state index contributed by atoms with van der Waals surface area (Å²) < 4.78 is 5.31. The Balaban J connectivity index is 1.56. The van der Waals surface area contributed by atoms with E-state index in [0.717, 1.165) is 18.4 Å². The predicted octanol–water partition coefficient (Wildman–Crippen LogP) is 3.97. The van der Waals surface area contributed by atoms with Gasteiger partial charge in [0.2, 0.25) is 0 Å². The Kier molecular flexibility index (Phi) is 5.06. The van der Waals surface area contributed by atoms with E-state index in [9.17, 15) is 9.59 Å². The molecule has 0 saturated heterocycles. The minimum Gasteiger partial charge on any atom is -0.452 e. The van der Waals surface area contributed by atoms with Gasteiger partial charge in [-0.2, -0.15) is 0 Å². The largest absolute Gasteiger partial charge is 0.452 e. The van der Waals surface area contributed by atoms with Crippen LogP contribution >= 0.6 is 0 Å². The molecule has 0 aliphatic heterocycles. The molecule has 1 saturated carbocycles. The molecule has 1 N–H and O–H groups in total. The molecule has 0 unspecified atom stereocenters. The smallest absolute Gasteiger partial charge is 0.339 e. The highest BCUT2D eigenvalue weighted by Crippen LogP contribution is 2.32. The van der Waals surface area contributed by atoms with Crippen LogP contribution in [-0.2, 0) is 9.53 Å². The van der Waals surface area contributed by atoms with E-state index in [1.165, 1.54) is 0 Å². The van der Waals surface area contributed by atoms with Crippen molar-refractivity contribution in [3.05, 3.63) is 66.2 Å². The molecule has 1 aliphatic carbocycles. The van der Waals surface area contributed by atoms with Crippen LogP contribution in [0.1, 0.15) is 30.1 Å². The van der Waals surface area contributed by atoms with Crippen LogP contribution in [0, 0.1) is 5.92 Å². The van der Waals surface area contributed by atoms with E-state index < -0.39 is 5.97 Å². The molecule has 1 atom stereocenters. The molecule has 2 aromatic carbocycles. The minimum atomic E-state index is -0.523. The van der Waals surface area contributed by atoms with Gasteiger partial charge in [0.05, 0.1) is 16.8 Å². The monoisotopic (exact) mass is 374 g/mol. The van der Waals surface area contributed by atoms with Gasteiger partial charge in [-0.3, -0.25) is 4.79 Å². The fourth-order valence-corrected chi connectivity index (χ4v) is 3.32. The van der Waals surface area contributed by atoms with Crippen molar-refractivity contribution in [3.8, 4) is 11.3 Å². The van der Waals surface area contributed by atoms with Crippen molar-refractivity contribution in [2.45, 2.75) is 25.8 Å². The lowest BCUT2D eigenvalue weighted by atomic mass is 10.0. The first-order valence-corrected chi connectivity index (χ1v) is 9.53. The van der Waals surface area contributed by atoms with E-state index in [1.807, 2.05) is 61.5 Å². The predicted molar refractivity (Wildman–Crippen MR) is 108 cm³/mol. The SMILES string of the molecule is C[C@@H](NC(=O)COC(=O)c1cc(-c2ccccc2)nc2ccccc12)C1CC1. The summed E-state index contributed by atoms with van der Waals surface area (Å²) in [6, 6.07) is 19.0. The molecule has 1 heterocycles. The lowest BCUT2D eigenvalue weighted by Gasteiger charge is -2.13. The Morgan fingerprint density at radius 3 is 2.57 bits per heavy atom. The summed E-state index contributed by atoms with van der Waals surface area (Å²) in [7, 11) is 0. The zero-order valence-corrected chi connectivity index (χ0v) is 15.7. The van der Waals surface area contributed by atoms with E-state index in [2.05, 4.69) is 10.3 Å². The number of hydrogen-bond donors (Lipinski definition) is 1. The summed E-state index contributed by atoms with van der Waals surface area (Å²) in [5, 5.41) is 3.60. The number of fused-ring (bicyclic) bond motifs is 1. The number of esters is 1. The number of amides is 1. The van der Waals surface area contributed by atoms with Gasteiger partial charge in [-0.25, -0.2) is 9.78 Å². The Morgan fingerprint density at radius 2 is 1.82 bits per heavy atom. The van der Waals surface area contributed by atoms with Gasteiger partial charge in [0, 0.05) is 17.0 Å². The van der Waals surface area contributed by atoms with Crippen LogP contribution in [0.25, 0.3) is 22.2 Å². The Hall–Kier alpha value is -3.21. The summed E-state index contributed by atoms with van der Waals surface area (Å²) >= 11 is 0. The zero-order valence-electron chi connectivity index (χ0n) is 15.7. The van der Waals surface area contributed by atoms with Crippen molar-refractivity contribution >= 4 is 22.8 Å². The van der Waals surface area contributed by atoms with Crippen LogP contribution in [0.5, 0.6) is 0 Å². The number of aromatic nitrogens is 1. The fourth-order valence-electron chi connectivity index (χ4n) is 3.32. The Morgan fingerprint density at radius 1 is 1.11 bits per heavy atom. The third-order valence-corrected chi connectivity index (χ3v) is 5.06. The Labute approximate surface area is 163 Å². The summed E-state index contributed by atoms with van der Waals surface area (Å²) in [4.78, 5) is 29.5. The van der Waals surface area contributed by atoms with Crippen LogP contribution in [0.4, 0.5) is 0 Å². The highest BCUT2D eigenvalue weighted by molar-refractivity contribution is 6.05. The number of nitrogens with one attached hydrogen (secondary N) is 1. The molecule has 0 spiro atoms. The van der Waals surface area contributed by atoms with Gasteiger partial charge in [-0.1, -0.05) is 48.5 Å². The van der Waals surface area contributed by atoms with Gasteiger partial charge < -0.3 is 10.1 Å². The standard InChI is InChI=1S/C23H22N2O3/c1-15(16-11-12-16)24-22(26)14-28-23(27)19-13-21(17-7-3-2-4-8-17)25-20-10-6-5-9-18(19)20/h2-10,13,15-16H,11-12,14H2,1H3,(H,24,26)/t15-/m1/s1. The van der Waals surface area contributed by atoms with Crippen LogP contribution in [0.3, 0.4) is 0 Å². The molecule has 4 rings (SSSR count). The summed E-state index contributed by atoms with van der Waals surface area (Å²) in [5.74, 6) is -0.239. The van der Waals surface area contributed by atoms with Gasteiger partial charge in [-0.15, -0.1) is 0 Å². The number of benzene rings is 2. The molecule has 0 radical (unpaired) electrons. The number of carbonyl (C=O) groups excluding carboxylic acids is 2. The number of ether oxygens (including phenoxy) is 1.